The molecular formula is C16H23N. The maximum absolute atomic E-state index is 3.62. The lowest BCUT2D eigenvalue weighted by atomic mass is 9.73. The molecule has 3 atom stereocenters. The summed E-state index contributed by atoms with van der Waals surface area (Å²) in [5.74, 6) is 2.78. The minimum atomic E-state index is 0.868. The third kappa shape index (κ3) is 2.34. The van der Waals surface area contributed by atoms with Gasteiger partial charge in [0.2, 0.25) is 0 Å². The van der Waals surface area contributed by atoms with Gasteiger partial charge in [-0.2, -0.15) is 0 Å². The molecule has 0 radical (unpaired) electrons. The molecule has 1 aliphatic carbocycles. The second-order valence-electron chi connectivity index (χ2n) is 6.03. The van der Waals surface area contributed by atoms with Crippen molar-refractivity contribution in [1.29, 1.82) is 0 Å². The van der Waals surface area contributed by atoms with Crippen molar-refractivity contribution in [2.24, 2.45) is 17.8 Å². The zero-order chi connectivity index (χ0) is 11.7. The van der Waals surface area contributed by atoms with Gasteiger partial charge in [-0.3, -0.25) is 0 Å². The summed E-state index contributed by atoms with van der Waals surface area (Å²) in [6.45, 7) is 3.62. The van der Waals surface area contributed by atoms with E-state index in [0.29, 0.717) is 0 Å². The molecular weight excluding hydrogens is 206 g/mol. The number of benzene rings is 1. The quantitative estimate of drug-likeness (QED) is 0.764. The minimum absolute atomic E-state index is 0.868. The molecule has 1 aromatic carbocycles. The summed E-state index contributed by atoms with van der Waals surface area (Å²) in [5.41, 5.74) is 2.90. The summed E-state index contributed by atoms with van der Waals surface area (Å²) in [6, 6.07) is 8.82. The van der Waals surface area contributed by atoms with Crippen LogP contribution in [0.15, 0.2) is 24.3 Å². The second kappa shape index (κ2) is 4.72. The van der Waals surface area contributed by atoms with Crippen molar-refractivity contribution in [1.82, 2.24) is 0 Å². The lowest BCUT2D eigenvalue weighted by Gasteiger charge is -2.36. The molecule has 17 heavy (non-hydrogen) atoms. The Kier molecular flexibility index (Phi) is 3.09. The van der Waals surface area contributed by atoms with Gasteiger partial charge < -0.3 is 5.32 Å². The van der Waals surface area contributed by atoms with Crippen LogP contribution in [0.3, 0.4) is 0 Å². The number of nitrogens with one attached hydrogen (secondary N) is 1. The normalized spacial score (nSPS) is 32.6. The Morgan fingerprint density at radius 3 is 2.88 bits per heavy atom. The van der Waals surface area contributed by atoms with E-state index < -0.39 is 0 Å². The van der Waals surface area contributed by atoms with Crippen LogP contribution in [0.25, 0.3) is 0 Å². The Morgan fingerprint density at radius 2 is 2.00 bits per heavy atom. The molecule has 3 unspecified atom stereocenters. The first-order valence-corrected chi connectivity index (χ1v) is 7.14. The number of anilines is 1. The summed E-state index contributed by atoms with van der Waals surface area (Å²) in [6.07, 6.45) is 7.10. The van der Waals surface area contributed by atoms with Gasteiger partial charge in [0.05, 0.1) is 0 Å². The van der Waals surface area contributed by atoms with Gasteiger partial charge in [0, 0.05) is 12.2 Å². The highest BCUT2D eigenvalue weighted by Crippen LogP contribution is 2.37. The first kappa shape index (κ1) is 11.1. The van der Waals surface area contributed by atoms with Crippen molar-refractivity contribution in [2.45, 2.75) is 39.0 Å². The van der Waals surface area contributed by atoms with Crippen molar-refractivity contribution in [3.05, 3.63) is 29.8 Å². The number of hydrogen-bond donors (Lipinski definition) is 1. The molecule has 1 heterocycles. The number of fused-ring (bicyclic) bond motifs is 1. The molecule has 3 rings (SSSR count). The van der Waals surface area contributed by atoms with Gasteiger partial charge in [0.1, 0.15) is 0 Å². The SMILES string of the molecule is CC1CCCC(C2CNc3ccccc3C2)C1. The number of hydrogen-bond acceptors (Lipinski definition) is 1. The molecule has 0 amide bonds. The van der Waals surface area contributed by atoms with Crippen LogP contribution in [0.4, 0.5) is 5.69 Å². The third-order valence-electron chi connectivity index (χ3n) is 4.70. The van der Waals surface area contributed by atoms with Gasteiger partial charge in [-0.15, -0.1) is 0 Å². The van der Waals surface area contributed by atoms with E-state index in [2.05, 4.69) is 36.5 Å². The fraction of sp³-hybridized carbons (Fsp3) is 0.625. The Labute approximate surface area is 105 Å². The molecule has 0 aromatic heterocycles. The van der Waals surface area contributed by atoms with E-state index in [0.717, 1.165) is 17.8 Å². The van der Waals surface area contributed by atoms with E-state index in [1.807, 2.05) is 0 Å². The van der Waals surface area contributed by atoms with Gasteiger partial charge in [-0.25, -0.2) is 0 Å². The zero-order valence-corrected chi connectivity index (χ0v) is 10.8. The first-order valence-electron chi connectivity index (χ1n) is 7.14. The smallest absolute Gasteiger partial charge is 0.0372 e. The van der Waals surface area contributed by atoms with Crippen molar-refractivity contribution < 1.29 is 0 Å². The van der Waals surface area contributed by atoms with Crippen molar-refractivity contribution in [3.63, 3.8) is 0 Å². The largest absolute Gasteiger partial charge is 0.385 e. The van der Waals surface area contributed by atoms with Gasteiger partial charge >= 0.3 is 0 Å². The van der Waals surface area contributed by atoms with Crippen molar-refractivity contribution in [2.75, 3.05) is 11.9 Å². The van der Waals surface area contributed by atoms with E-state index in [4.69, 9.17) is 0 Å². The molecule has 1 heteroatoms. The maximum Gasteiger partial charge on any atom is 0.0372 e. The molecule has 1 aromatic rings. The van der Waals surface area contributed by atoms with Crippen LogP contribution in [0.5, 0.6) is 0 Å². The maximum atomic E-state index is 3.62. The monoisotopic (exact) mass is 229 g/mol. The molecule has 1 saturated carbocycles. The minimum Gasteiger partial charge on any atom is -0.385 e. The molecule has 0 bridgehead atoms. The molecule has 1 fully saturated rings. The summed E-state index contributed by atoms with van der Waals surface area (Å²) in [5, 5.41) is 3.62. The molecule has 1 aliphatic heterocycles. The zero-order valence-electron chi connectivity index (χ0n) is 10.8. The summed E-state index contributed by atoms with van der Waals surface area (Å²) in [7, 11) is 0. The molecule has 1 nitrogen and oxygen atoms in total. The molecule has 0 saturated heterocycles. The Balaban J connectivity index is 1.71. The van der Waals surface area contributed by atoms with Crippen LogP contribution in [0.2, 0.25) is 0 Å². The van der Waals surface area contributed by atoms with Crippen LogP contribution < -0.4 is 5.32 Å². The summed E-state index contributed by atoms with van der Waals surface area (Å²) in [4.78, 5) is 0. The van der Waals surface area contributed by atoms with E-state index in [-0.39, 0.29) is 0 Å². The topological polar surface area (TPSA) is 12.0 Å². The van der Waals surface area contributed by atoms with Gasteiger partial charge in [-0.1, -0.05) is 44.4 Å². The lowest BCUT2D eigenvalue weighted by molar-refractivity contribution is 0.207. The summed E-state index contributed by atoms with van der Waals surface area (Å²) >= 11 is 0. The van der Waals surface area contributed by atoms with Crippen LogP contribution in [-0.4, -0.2) is 6.54 Å². The predicted octanol–water partition coefficient (Wildman–Crippen LogP) is 4.10. The molecule has 92 valence electrons. The molecule has 0 spiro atoms. The molecule has 1 N–H and O–H groups in total. The van der Waals surface area contributed by atoms with Crippen LogP contribution in [-0.2, 0) is 6.42 Å². The third-order valence-corrected chi connectivity index (χ3v) is 4.70. The predicted molar refractivity (Wildman–Crippen MR) is 73.2 cm³/mol. The fourth-order valence-corrected chi connectivity index (χ4v) is 3.71. The average Bonchev–Trinajstić information content (AvgIpc) is 2.38. The highest BCUT2D eigenvalue weighted by molar-refractivity contribution is 5.53. The Morgan fingerprint density at radius 1 is 1.12 bits per heavy atom. The standard InChI is InChI=1S/C16H23N/c1-12-5-4-7-13(9-12)15-10-14-6-2-3-8-16(14)17-11-15/h2-3,6,8,12-13,15,17H,4-5,7,9-11H2,1H3. The first-order chi connectivity index (χ1) is 8.33. The Bertz CT molecular complexity index is 385. The number of para-hydroxylation sites is 1. The fourth-order valence-electron chi connectivity index (χ4n) is 3.71. The van der Waals surface area contributed by atoms with Gasteiger partial charge in [0.15, 0.2) is 0 Å². The lowest BCUT2D eigenvalue weighted by Crippen LogP contribution is -2.32. The van der Waals surface area contributed by atoms with Crippen LogP contribution in [0, 0.1) is 17.8 Å². The van der Waals surface area contributed by atoms with Crippen molar-refractivity contribution >= 4 is 5.69 Å². The highest BCUT2D eigenvalue weighted by atomic mass is 14.9. The van der Waals surface area contributed by atoms with E-state index in [9.17, 15) is 0 Å². The van der Waals surface area contributed by atoms with Gasteiger partial charge in [0.25, 0.3) is 0 Å². The summed E-state index contributed by atoms with van der Waals surface area (Å²) < 4.78 is 0. The van der Waals surface area contributed by atoms with E-state index in [1.165, 1.54) is 49.9 Å². The van der Waals surface area contributed by atoms with E-state index >= 15 is 0 Å². The highest BCUT2D eigenvalue weighted by Gasteiger charge is 2.29. The Hall–Kier alpha value is -0.980. The average molecular weight is 229 g/mol. The van der Waals surface area contributed by atoms with E-state index in [1.54, 1.807) is 0 Å². The number of rotatable bonds is 1. The van der Waals surface area contributed by atoms with Gasteiger partial charge in [-0.05, 0) is 42.2 Å². The molecule has 2 aliphatic rings. The van der Waals surface area contributed by atoms with Crippen LogP contribution >= 0.6 is 0 Å². The van der Waals surface area contributed by atoms with Crippen molar-refractivity contribution in [3.8, 4) is 0 Å². The van der Waals surface area contributed by atoms with Crippen LogP contribution in [0.1, 0.15) is 38.2 Å². The second-order valence-corrected chi connectivity index (χ2v) is 6.03.